The summed E-state index contributed by atoms with van der Waals surface area (Å²) < 4.78 is 54.6. The van der Waals surface area contributed by atoms with E-state index in [1.54, 1.807) is 12.1 Å². The van der Waals surface area contributed by atoms with Gasteiger partial charge in [-0.3, -0.25) is 19.1 Å². The summed E-state index contributed by atoms with van der Waals surface area (Å²) in [7, 11) is -3.86. The average Bonchev–Trinajstić information content (AvgIpc) is 3.11. The Morgan fingerprint density at radius 2 is 1.13 bits per heavy atom. The number of carbonyl (C=O) groups excluding carboxylic acids is 2. The van der Waals surface area contributed by atoms with Crippen molar-refractivity contribution in [3.05, 3.63) is 54.1 Å². The van der Waals surface area contributed by atoms with Crippen molar-refractivity contribution in [2.45, 2.75) is 56.3 Å². The van der Waals surface area contributed by atoms with E-state index in [4.69, 9.17) is 33.9 Å². The second kappa shape index (κ2) is 26.5. The Morgan fingerprint density at radius 1 is 0.577 bits per heavy atom. The highest BCUT2D eigenvalue weighted by atomic mass is 32.2. The zero-order valence-corrected chi connectivity index (χ0v) is 30.2. The summed E-state index contributed by atoms with van der Waals surface area (Å²) in [6.07, 6.45) is 6.89. The smallest absolute Gasteiger partial charge is 0.329 e. The molecule has 2 aromatic rings. The van der Waals surface area contributed by atoms with Gasteiger partial charge in [-0.15, -0.1) is 0 Å². The lowest BCUT2D eigenvalue weighted by Gasteiger charge is -2.11. The SMILES string of the molecule is O=C(O)CCCCCCCCCOc1ccc(S(=O)(=O)Nc2ccc(C(=O)NCCOCCOCC(=O)NCCOCCOCC(=O)O)cc2)cc1. The van der Waals surface area contributed by atoms with Gasteiger partial charge in [0.1, 0.15) is 19.0 Å². The van der Waals surface area contributed by atoms with Gasteiger partial charge in [0.15, 0.2) is 0 Å². The summed E-state index contributed by atoms with van der Waals surface area (Å²) in [6.45, 7) is 1.69. The minimum atomic E-state index is -3.86. The van der Waals surface area contributed by atoms with Crippen LogP contribution < -0.4 is 20.1 Å². The van der Waals surface area contributed by atoms with Gasteiger partial charge in [0.05, 0.1) is 51.1 Å². The van der Waals surface area contributed by atoms with Gasteiger partial charge < -0.3 is 44.5 Å². The number of carbonyl (C=O) groups is 4. The summed E-state index contributed by atoms with van der Waals surface area (Å²) in [5.41, 5.74) is 0.635. The predicted molar refractivity (Wildman–Crippen MR) is 190 cm³/mol. The molecule has 0 aliphatic carbocycles. The van der Waals surface area contributed by atoms with Crippen molar-refractivity contribution < 1.29 is 61.5 Å². The third kappa shape index (κ3) is 21.2. The van der Waals surface area contributed by atoms with Crippen molar-refractivity contribution in [3.63, 3.8) is 0 Å². The maximum atomic E-state index is 12.9. The fraction of sp³-hybridized carbons (Fsp3) is 0.543. The van der Waals surface area contributed by atoms with Crippen molar-refractivity contribution in [1.29, 1.82) is 0 Å². The van der Waals surface area contributed by atoms with E-state index in [0.717, 1.165) is 44.9 Å². The number of rotatable bonds is 31. The Labute approximate surface area is 304 Å². The molecule has 0 unspecified atom stereocenters. The number of hydrogen-bond acceptors (Lipinski definition) is 11. The molecular weight excluding hydrogens is 702 g/mol. The normalized spacial score (nSPS) is 11.2. The molecule has 0 spiro atoms. The van der Waals surface area contributed by atoms with Crippen LogP contribution in [0.2, 0.25) is 0 Å². The van der Waals surface area contributed by atoms with Crippen molar-refractivity contribution >= 4 is 39.5 Å². The molecule has 52 heavy (non-hydrogen) atoms. The molecular formula is C35H51N3O13S. The lowest BCUT2D eigenvalue weighted by atomic mass is 10.1. The maximum Gasteiger partial charge on any atom is 0.329 e. The molecule has 0 radical (unpaired) electrons. The van der Waals surface area contributed by atoms with Crippen LogP contribution in [0.25, 0.3) is 0 Å². The zero-order valence-electron chi connectivity index (χ0n) is 29.3. The largest absolute Gasteiger partial charge is 0.494 e. The highest BCUT2D eigenvalue weighted by Crippen LogP contribution is 2.20. The third-order valence-electron chi connectivity index (χ3n) is 7.14. The molecule has 290 valence electrons. The Kier molecular flexibility index (Phi) is 22.3. The predicted octanol–water partition coefficient (Wildman–Crippen LogP) is 3.07. The number of anilines is 1. The van der Waals surface area contributed by atoms with Gasteiger partial charge in [0.2, 0.25) is 5.91 Å². The van der Waals surface area contributed by atoms with E-state index in [2.05, 4.69) is 15.4 Å². The lowest BCUT2D eigenvalue weighted by Crippen LogP contribution is -2.31. The molecule has 0 atom stereocenters. The number of unbranched alkanes of at least 4 members (excludes halogenated alkanes) is 6. The number of aliphatic carboxylic acids is 2. The summed E-state index contributed by atoms with van der Waals surface area (Å²) in [5.74, 6) is -1.91. The molecule has 0 aromatic heterocycles. The van der Waals surface area contributed by atoms with Crippen LogP contribution in [0.5, 0.6) is 5.75 Å². The first-order chi connectivity index (χ1) is 25.1. The molecule has 17 heteroatoms. The van der Waals surface area contributed by atoms with Gasteiger partial charge >= 0.3 is 11.9 Å². The molecule has 0 bridgehead atoms. The molecule has 2 amide bonds. The molecule has 16 nitrogen and oxygen atoms in total. The highest BCUT2D eigenvalue weighted by Gasteiger charge is 2.15. The van der Waals surface area contributed by atoms with Crippen LogP contribution in [0, 0.1) is 0 Å². The molecule has 2 aromatic carbocycles. The summed E-state index contributed by atoms with van der Waals surface area (Å²) in [6, 6.07) is 12.2. The lowest BCUT2D eigenvalue weighted by molar-refractivity contribution is -0.143. The Bertz CT molecular complexity index is 1440. The Morgan fingerprint density at radius 3 is 1.75 bits per heavy atom. The number of amides is 2. The first-order valence-corrected chi connectivity index (χ1v) is 18.7. The maximum absolute atomic E-state index is 12.9. The van der Waals surface area contributed by atoms with Crippen LogP contribution in [0.4, 0.5) is 5.69 Å². The van der Waals surface area contributed by atoms with E-state index < -0.39 is 22.0 Å². The molecule has 0 fully saturated rings. The van der Waals surface area contributed by atoms with Gasteiger partial charge in [-0.2, -0.15) is 0 Å². The van der Waals surface area contributed by atoms with Gasteiger partial charge in [-0.05, 0) is 61.4 Å². The van der Waals surface area contributed by atoms with E-state index in [1.807, 2.05) is 0 Å². The number of benzene rings is 2. The topological polar surface area (TPSA) is 225 Å². The quantitative estimate of drug-likeness (QED) is 0.0699. The summed E-state index contributed by atoms with van der Waals surface area (Å²) >= 11 is 0. The summed E-state index contributed by atoms with van der Waals surface area (Å²) in [5, 5.41) is 22.4. The number of carboxylic acid groups (broad SMARTS) is 2. The first kappa shape index (κ1) is 43.9. The number of sulfonamides is 1. The monoisotopic (exact) mass is 753 g/mol. The second-order valence-corrected chi connectivity index (χ2v) is 13.1. The van der Waals surface area contributed by atoms with E-state index in [1.165, 1.54) is 36.4 Å². The van der Waals surface area contributed by atoms with Crippen LogP contribution in [-0.4, -0.2) is 115 Å². The third-order valence-corrected chi connectivity index (χ3v) is 8.54. The van der Waals surface area contributed by atoms with Crippen LogP contribution in [0.15, 0.2) is 53.4 Å². The highest BCUT2D eigenvalue weighted by molar-refractivity contribution is 7.92. The van der Waals surface area contributed by atoms with Crippen LogP contribution in [0.3, 0.4) is 0 Å². The molecule has 5 N–H and O–H groups in total. The van der Waals surface area contributed by atoms with E-state index in [9.17, 15) is 27.6 Å². The van der Waals surface area contributed by atoms with Gasteiger partial charge in [-0.1, -0.05) is 32.1 Å². The van der Waals surface area contributed by atoms with Crippen molar-refractivity contribution in [1.82, 2.24) is 10.6 Å². The molecule has 2 rings (SSSR count). The van der Waals surface area contributed by atoms with Crippen molar-refractivity contribution in [2.75, 3.05) is 77.3 Å². The fourth-order valence-corrected chi connectivity index (χ4v) is 5.55. The van der Waals surface area contributed by atoms with E-state index in [0.29, 0.717) is 23.6 Å². The second-order valence-electron chi connectivity index (χ2n) is 11.5. The molecule has 0 saturated heterocycles. The number of nitrogens with one attached hydrogen (secondary N) is 3. The minimum absolute atomic E-state index is 0.0688. The zero-order chi connectivity index (χ0) is 37.9. The first-order valence-electron chi connectivity index (χ1n) is 17.2. The number of hydrogen-bond donors (Lipinski definition) is 5. The van der Waals surface area contributed by atoms with Crippen molar-refractivity contribution in [3.8, 4) is 5.75 Å². The molecule has 0 saturated carbocycles. The van der Waals surface area contributed by atoms with Crippen LogP contribution in [0.1, 0.15) is 61.7 Å². The van der Waals surface area contributed by atoms with Gasteiger partial charge in [0, 0.05) is 30.8 Å². The standard InChI is InChI=1S/C35H51N3O13S/c39-32(36-17-20-47-23-25-50-27-34(42)43)26-49-24-22-48-21-18-37-35(44)28-9-11-29(12-10-28)38-52(45,46)31-15-13-30(14-16-31)51-19-7-5-3-1-2-4-6-8-33(40)41/h9-16,38H,1-8,17-27H2,(H,36,39)(H,37,44)(H,40,41)(H,42,43). The van der Waals surface area contributed by atoms with Gasteiger partial charge in [0.25, 0.3) is 15.9 Å². The van der Waals surface area contributed by atoms with E-state index >= 15 is 0 Å². The Hall–Kier alpha value is -4.29. The number of carboxylic acids is 2. The average molecular weight is 754 g/mol. The van der Waals surface area contributed by atoms with Crippen molar-refractivity contribution in [2.24, 2.45) is 0 Å². The molecule has 0 aliphatic heterocycles. The molecule has 0 aliphatic rings. The molecule has 0 heterocycles. The number of ether oxygens (including phenoxy) is 5. The van der Waals surface area contributed by atoms with E-state index in [-0.39, 0.29) is 89.1 Å². The van der Waals surface area contributed by atoms with Gasteiger partial charge in [-0.25, -0.2) is 13.2 Å². The van der Waals surface area contributed by atoms with Crippen LogP contribution >= 0.6 is 0 Å². The summed E-state index contributed by atoms with van der Waals surface area (Å²) in [4.78, 5) is 45.1. The Balaban J connectivity index is 1.53. The fourth-order valence-electron chi connectivity index (χ4n) is 4.49. The minimum Gasteiger partial charge on any atom is -0.494 e. The van der Waals surface area contributed by atoms with Crippen LogP contribution in [-0.2, 0) is 43.4 Å².